The number of aliphatic hydroxyl groups is 1. The van der Waals surface area contributed by atoms with Crippen LogP contribution >= 0.6 is 0 Å². The molecule has 108 valence electrons. The number of ether oxygens (including phenoxy) is 2. The van der Waals surface area contributed by atoms with Crippen molar-refractivity contribution in [3.05, 3.63) is 0 Å². The largest absolute Gasteiger partial charge is 0.395 e. The summed E-state index contributed by atoms with van der Waals surface area (Å²) in [4.78, 5) is 0. The molecule has 18 heavy (non-hydrogen) atoms. The van der Waals surface area contributed by atoms with Gasteiger partial charge in [-0.15, -0.1) is 0 Å². The van der Waals surface area contributed by atoms with Gasteiger partial charge in [-0.1, -0.05) is 0 Å². The summed E-state index contributed by atoms with van der Waals surface area (Å²) < 4.78 is 35.1. The highest BCUT2D eigenvalue weighted by Crippen LogP contribution is 2.16. The Bertz CT molecular complexity index is 213. The highest BCUT2D eigenvalue weighted by molar-refractivity contribution is 4.74. The molecule has 4 nitrogen and oxygen atoms in total. The Morgan fingerprint density at radius 1 is 1.44 bits per heavy atom. The quantitative estimate of drug-likeness (QED) is 0.700. The van der Waals surface area contributed by atoms with Crippen LogP contribution in [-0.4, -0.2) is 49.7 Å². The molecule has 0 aromatic heterocycles. The Kier molecular flexibility index (Phi) is 7.65. The van der Waals surface area contributed by atoms with Crippen molar-refractivity contribution >= 4 is 0 Å². The van der Waals surface area contributed by atoms with Crippen LogP contribution in [0.25, 0.3) is 0 Å². The van der Waals surface area contributed by atoms with Crippen LogP contribution in [0.4, 0.5) is 8.78 Å². The van der Waals surface area contributed by atoms with Crippen LogP contribution < -0.4 is 5.32 Å². The van der Waals surface area contributed by atoms with E-state index in [0.29, 0.717) is 6.61 Å². The molecule has 1 rings (SSSR count). The molecule has 1 aliphatic heterocycles. The third kappa shape index (κ3) is 6.04. The van der Waals surface area contributed by atoms with Crippen LogP contribution in [-0.2, 0) is 9.47 Å². The van der Waals surface area contributed by atoms with Gasteiger partial charge >= 0.3 is 0 Å². The molecular weight excluding hydrogens is 244 g/mol. The van der Waals surface area contributed by atoms with Gasteiger partial charge in [-0.3, -0.25) is 0 Å². The average Bonchev–Trinajstić information content (AvgIpc) is 2.35. The summed E-state index contributed by atoms with van der Waals surface area (Å²) in [5, 5.41) is 12.1. The Labute approximate surface area is 107 Å². The number of alkyl halides is 2. The fourth-order valence-electron chi connectivity index (χ4n) is 1.91. The fraction of sp³-hybridized carbons (Fsp3) is 1.00. The van der Waals surface area contributed by atoms with Gasteiger partial charge in [0.1, 0.15) is 0 Å². The van der Waals surface area contributed by atoms with Crippen molar-refractivity contribution in [2.24, 2.45) is 0 Å². The van der Waals surface area contributed by atoms with E-state index in [1.54, 1.807) is 0 Å². The molecule has 1 heterocycles. The third-order valence-electron chi connectivity index (χ3n) is 3.04. The van der Waals surface area contributed by atoms with Crippen molar-refractivity contribution in [3.8, 4) is 0 Å². The Morgan fingerprint density at radius 2 is 2.22 bits per heavy atom. The minimum absolute atomic E-state index is 0.142. The van der Waals surface area contributed by atoms with Gasteiger partial charge in [-0.2, -0.15) is 0 Å². The second kappa shape index (κ2) is 8.74. The van der Waals surface area contributed by atoms with E-state index in [4.69, 9.17) is 9.47 Å². The van der Waals surface area contributed by atoms with Crippen molar-refractivity contribution < 1.29 is 23.4 Å². The predicted octanol–water partition coefficient (Wildman–Crippen LogP) is 1.52. The maximum Gasteiger partial charge on any atom is 0.239 e. The van der Waals surface area contributed by atoms with Crippen LogP contribution in [0.2, 0.25) is 0 Å². The van der Waals surface area contributed by atoms with Gasteiger partial charge in [-0.25, -0.2) is 8.78 Å². The van der Waals surface area contributed by atoms with Gasteiger partial charge in [0.15, 0.2) is 6.29 Å². The molecule has 0 aliphatic carbocycles. The summed E-state index contributed by atoms with van der Waals surface area (Å²) >= 11 is 0. The number of hydrogen-bond acceptors (Lipinski definition) is 4. The number of hydrogen-bond donors (Lipinski definition) is 2. The van der Waals surface area contributed by atoms with E-state index in [-0.39, 0.29) is 38.0 Å². The molecule has 1 saturated heterocycles. The number of nitrogens with one attached hydrogen (secondary N) is 1. The molecule has 1 fully saturated rings. The Balaban J connectivity index is 2.24. The average molecular weight is 267 g/mol. The van der Waals surface area contributed by atoms with Gasteiger partial charge < -0.3 is 19.9 Å². The van der Waals surface area contributed by atoms with Gasteiger partial charge in [0.05, 0.1) is 18.8 Å². The van der Waals surface area contributed by atoms with Crippen LogP contribution in [0.15, 0.2) is 0 Å². The molecular formula is C12H23F2NO3. The third-order valence-corrected chi connectivity index (χ3v) is 3.04. The van der Waals surface area contributed by atoms with Crippen LogP contribution in [0, 0.1) is 0 Å². The number of halogens is 2. The zero-order valence-electron chi connectivity index (χ0n) is 10.8. The standard InChI is InChI=1S/C12H23F2NO3/c1-9(18-12-4-2-3-7-17-12)10(8-16)15-6-5-11(13)14/h9-12,15-16H,2-8H2,1H3/t9?,10-,12?/m1/s1. The first kappa shape index (κ1) is 15.8. The number of rotatable bonds is 8. The summed E-state index contributed by atoms with van der Waals surface area (Å²) in [7, 11) is 0. The molecule has 6 heteroatoms. The molecule has 0 radical (unpaired) electrons. The minimum atomic E-state index is -2.32. The summed E-state index contributed by atoms with van der Waals surface area (Å²) in [6.07, 6.45) is -0.0855. The lowest BCUT2D eigenvalue weighted by atomic mass is 10.1. The molecule has 0 aromatic rings. The maximum absolute atomic E-state index is 12.0. The lowest BCUT2D eigenvalue weighted by molar-refractivity contribution is -0.191. The molecule has 0 saturated carbocycles. The van der Waals surface area contributed by atoms with Gasteiger partial charge in [0.25, 0.3) is 0 Å². The van der Waals surface area contributed by atoms with E-state index >= 15 is 0 Å². The second-order valence-electron chi connectivity index (χ2n) is 4.56. The molecule has 0 bridgehead atoms. The molecule has 1 aliphatic rings. The van der Waals surface area contributed by atoms with E-state index in [0.717, 1.165) is 19.3 Å². The van der Waals surface area contributed by atoms with E-state index in [2.05, 4.69) is 5.32 Å². The van der Waals surface area contributed by atoms with Crippen LogP contribution in [0.5, 0.6) is 0 Å². The van der Waals surface area contributed by atoms with E-state index < -0.39 is 6.43 Å². The lowest BCUT2D eigenvalue weighted by Gasteiger charge is -2.30. The molecule has 2 N–H and O–H groups in total. The SMILES string of the molecule is CC(OC1CCCCO1)[C@@H](CO)NCCC(F)F. The van der Waals surface area contributed by atoms with Crippen molar-refractivity contribution in [2.75, 3.05) is 19.8 Å². The van der Waals surface area contributed by atoms with Gasteiger partial charge in [-0.05, 0) is 26.2 Å². The smallest absolute Gasteiger partial charge is 0.239 e. The number of aliphatic hydroxyl groups excluding tert-OH is 1. The normalized spacial score (nSPS) is 24.2. The lowest BCUT2D eigenvalue weighted by Crippen LogP contribution is -2.45. The summed E-state index contributed by atoms with van der Waals surface area (Å²) in [5.74, 6) is 0. The summed E-state index contributed by atoms with van der Waals surface area (Å²) in [6.45, 7) is 2.54. The fourth-order valence-corrected chi connectivity index (χ4v) is 1.91. The monoisotopic (exact) mass is 267 g/mol. The van der Waals surface area contributed by atoms with Crippen LogP contribution in [0.1, 0.15) is 32.6 Å². The molecule has 0 amide bonds. The van der Waals surface area contributed by atoms with Crippen molar-refractivity contribution in [2.45, 2.75) is 57.5 Å². The van der Waals surface area contributed by atoms with E-state index in [1.807, 2.05) is 6.92 Å². The molecule has 3 atom stereocenters. The summed E-state index contributed by atoms with van der Waals surface area (Å²) in [6, 6.07) is -0.339. The van der Waals surface area contributed by atoms with Gasteiger partial charge in [0, 0.05) is 19.6 Å². The topological polar surface area (TPSA) is 50.7 Å². The summed E-state index contributed by atoms with van der Waals surface area (Å²) in [5.41, 5.74) is 0. The van der Waals surface area contributed by atoms with Crippen molar-refractivity contribution in [1.82, 2.24) is 5.32 Å². The van der Waals surface area contributed by atoms with Crippen molar-refractivity contribution in [1.29, 1.82) is 0 Å². The van der Waals surface area contributed by atoms with Gasteiger partial charge in [0.2, 0.25) is 6.43 Å². The zero-order valence-corrected chi connectivity index (χ0v) is 10.8. The predicted molar refractivity (Wildman–Crippen MR) is 63.6 cm³/mol. The van der Waals surface area contributed by atoms with Crippen LogP contribution in [0.3, 0.4) is 0 Å². The highest BCUT2D eigenvalue weighted by atomic mass is 19.3. The minimum Gasteiger partial charge on any atom is -0.395 e. The first-order valence-corrected chi connectivity index (χ1v) is 6.53. The Morgan fingerprint density at radius 3 is 2.78 bits per heavy atom. The molecule has 2 unspecified atom stereocenters. The maximum atomic E-state index is 12.0. The first-order chi connectivity index (χ1) is 8.63. The second-order valence-corrected chi connectivity index (χ2v) is 4.56. The molecule has 0 aromatic carbocycles. The van der Waals surface area contributed by atoms with E-state index in [9.17, 15) is 13.9 Å². The van der Waals surface area contributed by atoms with Crippen molar-refractivity contribution in [3.63, 3.8) is 0 Å². The van der Waals surface area contributed by atoms with E-state index in [1.165, 1.54) is 0 Å². The first-order valence-electron chi connectivity index (χ1n) is 6.53. The Hall–Kier alpha value is -0.300. The molecule has 0 spiro atoms. The highest BCUT2D eigenvalue weighted by Gasteiger charge is 2.23. The zero-order chi connectivity index (χ0) is 13.4.